The van der Waals surface area contributed by atoms with E-state index in [1.54, 1.807) is 27.7 Å². The number of carbonyl (C=O) groups is 2. The number of esters is 1. The lowest BCUT2D eigenvalue weighted by Gasteiger charge is -2.19. The lowest BCUT2D eigenvalue weighted by molar-refractivity contribution is -0.143. The van der Waals surface area contributed by atoms with Crippen molar-refractivity contribution >= 4 is 29.0 Å². The Balaban J connectivity index is 0.00000172. The number of alkyl carbamates (subject to hydrolysis) is 1. The van der Waals surface area contributed by atoms with Crippen LogP contribution in [0.5, 0.6) is 0 Å². The number of hydrogen-bond donors (Lipinski definition) is 1. The molecule has 116 valence electrons. The fourth-order valence-corrected chi connectivity index (χ4v) is 2.08. The van der Waals surface area contributed by atoms with Gasteiger partial charge in [0, 0.05) is 5.75 Å². The third-order valence-electron chi connectivity index (χ3n) is 1.82. The van der Waals surface area contributed by atoms with Crippen molar-refractivity contribution in [1.29, 1.82) is 0 Å². The second-order valence-corrected chi connectivity index (χ2v) is 5.65. The van der Waals surface area contributed by atoms with E-state index in [2.05, 4.69) is 10.3 Å². The Morgan fingerprint density at radius 2 is 2.00 bits per heavy atom. The molecule has 0 bridgehead atoms. The first-order valence-corrected chi connectivity index (χ1v) is 7.67. The van der Waals surface area contributed by atoms with Gasteiger partial charge in [-0.3, -0.25) is 5.32 Å². The monoisotopic (exact) mass is 304 g/mol. The van der Waals surface area contributed by atoms with Gasteiger partial charge in [0.25, 0.3) is 0 Å². The van der Waals surface area contributed by atoms with Gasteiger partial charge >= 0.3 is 12.1 Å². The summed E-state index contributed by atoms with van der Waals surface area (Å²) in [7, 11) is 0. The molecule has 0 saturated carbocycles. The van der Waals surface area contributed by atoms with E-state index in [1.807, 2.05) is 13.8 Å². The van der Waals surface area contributed by atoms with Gasteiger partial charge in [0.05, 0.1) is 6.61 Å². The van der Waals surface area contributed by atoms with E-state index >= 15 is 0 Å². The largest absolute Gasteiger partial charge is 0.464 e. The minimum absolute atomic E-state index is 0.324. The molecule has 6 nitrogen and oxygen atoms in total. The van der Waals surface area contributed by atoms with E-state index in [1.165, 1.54) is 11.8 Å². The number of carbonyl (C=O) groups excluding carboxylic acids is 2. The molecule has 0 fully saturated rings. The molecule has 0 spiro atoms. The maximum atomic E-state index is 11.5. The number of aliphatic imine (C=N–C) groups is 1. The van der Waals surface area contributed by atoms with E-state index in [0.29, 0.717) is 17.5 Å². The zero-order valence-corrected chi connectivity index (χ0v) is 13.8. The topological polar surface area (TPSA) is 77.0 Å². The minimum atomic E-state index is -0.571. The van der Waals surface area contributed by atoms with Crippen molar-refractivity contribution in [2.24, 2.45) is 4.99 Å². The molecule has 20 heavy (non-hydrogen) atoms. The van der Waals surface area contributed by atoms with Gasteiger partial charge in [-0.1, -0.05) is 25.6 Å². The molecule has 1 N–H and O–H groups in total. The second kappa shape index (κ2) is 8.84. The molecule has 0 aromatic carbocycles. The summed E-state index contributed by atoms with van der Waals surface area (Å²) in [6, 6.07) is -0.542. The molecule has 7 heteroatoms. The Morgan fingerprint density at radius 1 is 1.40 bits per heavy atom. The zero-order valence-electron chi connectivity index (χ0n) is 13.0. The van der Waals surface area contributed by atoms with Crippen molar-refractivity contribution in [3.05, 3.63) is 0 Å². The third-order valence-corrected chi connectivity index (χ3v) is 2.78. The fourth-order valence-electron chi connectivity index (χ4n) is 1.19. The van der Waals surface area contributed by atoms with Crippen molar-refractivity contribution in [1.82, 2.24) is 5.32 Å². The highest BCUT2D eigenvalue weighted by Crippen LogP contribution is 2.18. The van der Waals surface area contributed by atoms with Gasteiger partial charge in [0.15, 0.2) is 11.2 Å². The first kappa shape index (κ1) is 18.8. The van der Waals surface area contributed by atoms with Gasteiger partial charge in [0.1, 0.15) is 5.60 Å². The van der Waals surface area contributed by atoms with E-state index in [-0.39, 0.29) is 5.97 Å². The molecule has 1 unspecified atom stereocenters. The van der Waals surface area contributed by atoms with Crippen molar-refractivity contribution in [2.75, 3.05) is 12.4 Å². The highest BCUT2D eigenvalue weighted by atomic mass is 32.2. The summed E-state index contributed by atoms with van der Waals surface area (Å²) < 4.78 is 9.94. The minimum Gasteiger partial charge on any atom is -0.464 e. The predicted molar refractivity (Wildman–Crippen MR) is 81.0 cm³/mol. The number of nitrogens with one attached hydrogen (secondary N) is 1. The Hall–Kier alpha value is -1.24. The summed E-state index contributed by atoms with van der Waals surface area (Å²) >= 11 is 1.30. The van der Waals surface area contributed by atoms with Crippen molar-refractivity contribution in [3.63, 3.8) is 0 Å². The van der Waals surface area contributed by atoms with Gasteiger partial charge in [-0.15, -0.1) is 0 Å². The molecule has 1 heterocycles. The van der Waals surface area contributed by atoms with Crippen LogP contribution in [0.25, 0.3) is 0 Å². The maximum Gasteiger partial charge on any atom is 0.413 e. The van der Waals surface area contributed by atoms with E-state index in [4.69, 9.17) is 9.47 Å². The van der Waals surface area contributed by atoms with Crippen molar-refractivity contribution in [3.8, 4) is 0 Å². The number of amidine groups is 1. The second-order valence-electron chi connectivity index (χ2n) is 4.64. The van der Waals surface area contributed by atoms with E-state index in [0.717, 1.165) is 0 Å². The van der Waals surface area contributed by atoms with E-state index in [9.17, 15) is 9.59 Å². The summed E-state index contributed by atoms with van der Waals surface area (Å²) in [4.78, 5) is 27.0. The fraction of sp³-hybridized carbons (Fsp3) is 0.769. The standard InChI is InChI=1S/C11H18N2O4S.C2H6/c1-5-16-8(14)7-6-18-9(12-7)13-10(15)17-11(2,3)4;1-2/h7H,5-6H2,1-4H3,(H,12,13,15);1-2H3. The van der Waals surface area contributed by atoms with Crippen LogP contribution >= 0.6 is 11.8 Å². The van der Waals surface area contributed by atoms with Crippen molar-refractivity contribution < 1.29 is 19.1 Å². The number of thioether (sulfide) groups is 1. The lowest BCUT2D eigenvalue weighted by atomic mass is 10.2. The summed E-state index contributed by atoms with van der Waals surface area (Å²) in [5.74, 6) is 0.107. The molecule has 0 radical (unpaired) electrons. The Morgan fingerprint density at radius 3 is 2.50 bits per heavy atom. The maximum absolute atomic E-state index is 11.5. The molecule has 1 aliphatic rings. The van der Waals surface area contributed by atoms with Crippen LogP contribution in [0.4, 0.5) is 4.79 Å². The van der Waals surface area contributed by atoms with Gasteiger partial charge in [-0.05, 0) is 27.7 Å². The van der Waals surface area contributed by atoms with Crippen LogP contribution in [0.1, 0.15) is 41.5 Å². The average Bonchev–Trinajstić information content (AvgIpc) is 2.78. The summed E-state index contributed by atoms with van der Waals surface area (Å²) in [6.07, 6.45) is -0.571. The quantitative estimate of drug-likeness (QED) is 0.793. The molecular weight excluding hydrogens is 280 g/mol. The van der Waals surface area contributed by atoms with Gasteiger partial charge in [0.2, 0.25) is 0 Å². The predicted octanol–water partition coefficient (Wildman–Crippen LogP) is 2.57. The Bertz CT molecular complexity index is 364. The van der Waals surface area contributed by atoms with Crippen LogP contribution in [0, 0.1) is 0 Å². The van der Waals surface area contributed by atoms with Crippen LogP contribution in [0.15, 0.2) is 4.99 Å². The van der Waals surface area contributed by atoms with Crippen LogP contribution in [0.2, 0.25) is 0 Å². The number of amides is 1. The summed E-state index contributed by atoms with van der Waals surface area (Å²) in [5, 5.41) is 2.90. The summed E-state index contributed by atoms with van der Waals surface area (Å²) in [5.41, 5.74) is -0.561. The van der Waals surface area contributed by atoms with Crippen LogP contribution < -0.4 is 5.32 Å². The normalized spacial score (nSPS) is 17.5. The molecular formula is C13H24N2O4S. The summed E-state index contributed by atoms with van der Waals surface area (Å²) in [6.45, 7) is 11.4. The zero-order chi connectivity index (χ0) is 15.8. The Labute approximate surface area is 124 Å². The Kier molecular flexibility index (Phi) is 8.29. The molecule has 1 aliphatic heterocycles. The number of hydrogen-bond acceptors (Lipinski definition) is 6. The lowest BCUT2D eigenvalue weighted by Crippen LogP contribution is -2.34. The number of nitrogens with zero attached hydrogens (tertiary/aromatic N) is 1. The van der Waals surface area contributed by atoms with Gasteiger partial charge < -0.3 is 9.47 Å². The van der Waals surface area contributed by atoms with Crippen LogP contribution in [0.3, 0.4) is 0 Å². The first-order valence-electron chi connectivity index (χ1n) is 6.69. The molecule has 0 aromatic rings. The van der Waals surface area contributed by atoms with Crippen LogP contribution in [-0.4, -0.2) is 41.2 Å². The van der Waals surface area contributed by atoms with Gasteiger partial charge in [-0.25, -0.2) is 14.6 Å². The molecule has 1 rings (SSSR count). The van der Waals surface area contributed by atoms with Crippen molar-refractivity contribution in [2.45, 2.75) is 53.2 Å². The SMILES string of the molecule is CC.CCOC(=O)C1CSC(NC(=O)OC(C)(C)C)=N1. The molecule has 1 atom stereocenters. The van der Waals surface area contributed by atoms with Gasteiger partial charge in [-0.2, -0.15) is 0 Å². The number of ether oxygens (including phenoxy) is 2. The molecule has 0 aromatic heterocycles. The smallest absolute Gasteiger partial charge is 0.413 e. The van der Waals surface area contributed by atoms with Crippen LogP contribution in [-0.2, 0) is 14.3 Å². The third kappa shape index (κ3) is 7.37. The molecule has 0 aliphatic carbocycles. The highest BCUT2D eigenvalue weighted by molar-refractivity contribution is 8.14. The first-order chi connectivity index (χ1) is 9.31. The van der Waals surface area contributed by atoms with E-state index < -0.39 is 17.7 Å². The highest BCUT2D eigenvalue weighted by Gasteiger charge is 2.28. The average molecular weight is 304 g/mol. The molecule has 0 saturated heterocycles. The molecule has 1 amide bonds. The number of rotatable bonds is 2.